The van der Waals surface area contributed by atoms with Crippen molar-refractivity contribution in [1.82, 2.24) is 15.2 Å². The fourth-order valence-electron chi connectivity index (χ4n) is 2.44. The van der Waals surface area contributed by atoms with Crippen molar-refractivity contribution < 1.29 is 18.7 Å². The van der Waals surface area contributed by atoms with Gasteiger partial charge in [-0.25, -0.2) is 0 Å². The van der Waals surface area contributed by atoms with Crippen molar-refractivity contribution in [2.75, 3.05) is 18.5 Å². The first-order valence-corrected chi connectivity index (χ1v) is 9.18. The van der Waals surface area contributed by atoms with E-state index >= 15 is 0 Å². The number of fused-ring (bicyclic) bond motifs is 1. The monoisotopic (exact) mass is 384 g/mol. The zero-order chi connectivity index (χ0) is 18.6. The van der Waals surface area contributed by atoms with Gasteiger partial charge in [0.2, 0.25) is 11.8 Å². The second-order valence-corrected chi connectivity index (χ2v) is 7.01. The maximum atomic E-state index is 12.5. The molecule has 4 rings (SSSR count). The summed E-state index contributed by atoms with van der Waals surface area (Å²) < 4.78 is 16.6. The smallest absolute Gasteiger partial charge is 0.277 e. The van der Waals surface area contributed by atoms with Gasteiger partial charge < -0.3 is 19.2 Å². The third kappa shape index (κ3) is 4.03. The molecule has 3 heterocycles. The molecule has 0 spiro atoms. The van der Waals surface area contributed by atoms with Gasteiger partial charge in [-0.05, 0) is 31.2 Å². The number of benzene rings is 1. The molecular weight excluding hydrogens is 368 g/mol. The van der Waals surface area contributed by atoms with Crippen molar-refractivity contribution in [3.63, 3.8) is 0 Å². The zero-order valence-electron chi connectivity index (χ0n) is 14.4. The van der Waals surface area contributed by atoms with E-state index in [1.807, 2.05) is 0 Å². The predicted molar refractivity (Wildman–Crippen MR) is 98.9 cm³/mol. The number of anilines is 1. The summed E-state index contributed by atoms with van der Waals surface area (Å²) >= 11 is 1.19. The van der Waals surface area contributed by atoms with Crippen LogP contribution in [-0.4, -0.2) is 39.6 Å². The second-order valence-electron chi connectivity index (χ2n) is 5.72. The van der Waals surface area contributed by atoms with Crippen molar-refractivity contribution in [1.29, 1.82) is 0 Å². The normalized spacial score (nSPS) is 13.8. The average Bonchev–Trinajstić information content (AvgIpc) is 3.17. The van der Waals surface area contributed by atoms with Crippen molar-refractivity contribution in [2.45, 2.75) is 17.4 Å². The number of nitrogens with one attached hydrogen (secondary N) is 1. The highest BCUT2D eigenvalue weighted by molar-refractivity contribution is 8.00. The molecule has 0 saturated heterocycles. The van der Waals surface area contributed by atoms with E-state index < -0.39 is 5.25 Å². The molecule has 8 nitrogen and oxygen atoms in total. The molecule has 2 aromatic heterocycles. The number of carbonyl (C=O) groups is 1. The van der Waals surface area contributed by atoms with Crippen LogP contribution in [0.1, 0.15) is 6.92 Å². The number of thioether (sulfide) groups is 1. The Bertz CT molecular complexity index is 948. The minimum Gasteiger partial charge on any atom is -0.486 e. The molecule has 1 atom stereocenters. The SMILES string of the molecule is CC(Sc1nnc(-c2ccncc2)o1)C(=O)Nc1ccc2c(c1)OCCO2. The van der Waals surface area contributed by atoms with Crippen LogP contribution >= 0.6 is 11.8 Å². The molecule has 1 aliphatic rings. The third-order valence-electron chi connectivity index (χ3n) is 3.79. The Morgan fingerprint density at radius 1 is 1.11 bits per heavy atom. The molecule has 1 aliphatic heterocycles. The van der Waals surface area contributed by atoms with E-state index in [-0.39, 0.29) is 5.91 Å². The summed E-state index contributed by atoms with van der Waals surface area (Å²) in [6, 6.07) is 8.86. The number of hydrogen-bond acceptors (Lipinski definition) is 8. The highest BCUT2D eigenvalue weighted by Crippen LogP contribution is 2.33. The number of nitrogens with zero attached hydrogens (tertiary/aromatic N) is 3. The highest BCUT2D eigenvalue weighted by Gasteiger charge is 2.20. The number of hydrogen-bond donors (Lipinski definition) is 1. The number of amides is 1. The van der Waals surface area contributed by atoms with Gasteiger partial charge >= 0.3 is 0 Å². The van der Waals surface area contributed by atoms with Crippen LogP contribution in [0.2, 0.25) is 0 Å². The summed E-state index contributed by atoms with van der Waals surface area (Å²) in [6.45, 7) is 2.79. The number of pyridine rings is 1. The van der Waals surface area contributed by atoms with E-state index in [4.69, 9.17) is 13.9 Å². The molecule has 1 unspecified atom stereocenters. The van der Waals surface area contributed by atoms with Crippen molar-refractivity contribution in [2.24, 2.45) is 0 Å². The number of carbonyl (C=O) groups excluding carboxylic acids is 1. The lowest BCUT2D eigenvalue weighted by Crippen LogP contribution is -2.22. The van der Waals surface area contributed by atoms with Gasteiger partial charge in [0, 0.05) is 29.7 Å². The summed E-state index contributed by atoms with van der Waals surface area (Å²) in [5, 5.41) is 10.7. The van der Waals surface area contributed by atoms with Crippen LogP contribution in [-0.2, 0) is 4.79 Å². The molecule has 1 aromatic carbocycles. The van der Waals surface area contributed by atoms with Crippen molar-refractivity contribution in [3.8, 4) is 23.0 Å². The van der Waals surface area contributed by atoms with Gasteiger partial charge in [-0.3, -0.25) is 9.78 Å². The van der Waals surface area contributed by atoms with Crippen LogP contribution in [0.4, 0.5) is 5.69 Å². The van der Waals surface area contributed by atoms with Crippen LogP contribution in [0.5, 0.6) is 11.5 Å². The van der Waals surface area contributed by atoms with Gasteiger partial charge in [-0.1, -0.05) is 11.8 Å². The maximum Gasteiger partial charge on any atom is 0.277 e. The average molecular weight is 384 g/mol. The van der Waals surface area contributed by atoms with Gasteiger partial charge in [0.1, 0.15) is 13.2 Å². The molecule has 0 radical (unpaired) electrons. The van der Waals surface area contributed by atoms with Gasteiger partial charge in [0.05, 0.1) is 5.25 Å². The molecule has 9 heteroatoms. The number of ether oxygens (including phenoxy) is 2. The first-order valence-electron chi connectivity index (χ1n) is 8.30. The summed E-state index contributed by atoms with van der Waals surface area (Å²) in [6.07, 6.45) is 3.30. The Morgan fingerprint density at radius 2 is 1.89 bits per heavy atom. The standard InChI is InChI=1S/C18H16N4O4S/c1-11(27-18-22-21-17(26-18)12-4-6-19-7-5-12)16(23)20-13-2-3-14-15(10-13)25-9-8-24-14/h2-7,10-11H,8-9H2,1H3,(H,20,23). The van der Waals surface area contributed by atoms with Gasteiger partial charge in [0.15, 0.2) is 11.5 Å². The minimum absolute atomic E-state index is 0.180. The second kappa shape index (κ2) is 7.67. The van der Waals surface area contributed by atoms with Crippen molar-refractivity contribution >= 4 is 23.4 Å². The van der Waals surface area contributed by atoms with E-state index in [1.165, 1.54) is 11.8 Å². The van der Waals surface area contributed by atoms with Crippen LogP contribution in [0.15, 0.2) is 52.4 Å². The topological polar surface area (TPSA) is 99.4 Å². The van der Waals surface area contributed by atoms with E-state index in [0.717, 1.165) is 5.56 Å². The maximum absolute atomic E-state index is 12.5. The molecule has 1 N–H and O–H groups in total. The Hall–Kier alpha value is -3.07. The lowest BCUT2D eigenvalue weighted by Gasteiger charge is -2.19. The summed E-state index contributed by atoms with van der Waals surface area (Å²) in [4.78, 5) is 16.4. The summed E-state index contributed by atoms with van der Waals surface area (Å²) in [7, 11) is 0. The van der Waals surface area contributed by atoms with Crippen LogP contribution in [0.3, 0.4) is 0 Å². The Balaban J connectivity index is 1.39. The molecule has 1 amide bonds. The number of rotatable bonds is 5. The fourth-order valence-corrected chi connectivity index (χ4v) is 3.12. The number of aromatic nitrogens is 3. The lowest BCUT2D eigenvalue weighted by molar-refractivity contribution is -0.115. The van der Waals surface area contributed by atoms with Gasteiger partial charge in [-0.15, -0.1) is 10.2 Å². The van der Waals surface area contributed by atoms with E-state index in [9.17, 15) is 4.79 Å². The lowest BCUT2D eigenvalue weighted by atomic mass is 10.2. The van der Waals surface area contributed by atoms with Crippen molar-refractivity contribution in [3.05, 3.63) is 42.7 Å². The molecule has 3 aromatic rings. The summed E-state index contributed by atoms with van der Waals surface area (Å²) in [5.41, 5.74) is 1.41. The zero-order valence-corrected chi connectivity index (χ0v) is 15.2. The van der Waals surface area contributed by atoms with E-state index in [0.29, 0.717) is 41.5 Å². The third-order valence-corrected chi connectivity index (χ3v) is 4.72. The van der Waals surface area contributed by atoms with Gasteiger partial charge in [0.25, 0.3) is 5.22 Å². The van der Waals surface area contributed by atoms with Crippen LogP contribution in [0.25, 0.3) is 11.5 Å². The Morgan fingerprint density at radius 3 is 2.70 bits per heavy atom. The Kier molecular flexibility index (Phi) is 4.93. The highest BCUT2D eigenvalue weighted by atomic mass is 32.2. The van der Waals surface area contributed by atoms with E-state index in [1.54, 1.807) is 49.6 Å². The quantitative estimate of drug-likeness (QED) is 0.670. The first-order chi connectivity index (χ1) is 13.2. The predicted octanol–water partition coefficient (Wildman–Crippen LogP) is 3.02. The largest absolute Gasteiger partial charge is 0.486 e. The Labute approximate surface area is 159 Å². The van der Waals surface area contributed by atoms with Crippen LogP contribution in [0, 0.1) is 0 Å². The molecule has 138 valence electrons. The first kappa shape index (κ1) is 17.3. The molecule has 0 fully saturated rings. The fraction of sp³-hybridized carbons (Fsp3) is 0.222. The van der Waals surface area contributed by atoms with Crippen LogP contribution < -0.4 is 14.8 Å². The molecular formula is C18H16N4O4S. The molecule has 0 bridgehead atoms. The minimum atomic E-state index is -0.427. The molecule has 0 aliphatic carbocycles. The summed E-state index contributed by atoms with van der Waals surface area (Å²) in [5.74, 6) is 1.51. The van der Waals surface area contributed by atoms with E-state index in [2.05, 4.69) is 20.5 Å². The van der Waals surface area contributed by atoms with Gasteiger partial charge in [-0.2, -0.15) is 0 Å². The molecule has 0 saturated carbocycles. The molecule has 27 heavy (non-hydrogen) atoms.